The van der Waals surface area contributed by atoms with Crippen LogP contribution in [0.2, 0.25) is 0 Å². The fourth-order valence-electron chi connectivity index (χ4n) is 3.77. The van der Waals surface area contributed by atoms with Gasteiger partial charge >= 0.3 is 12.1 Å². The van der Waals surface area contributed by atoms with Gasteiger partial charge in [0, 0.05) is 38.0 Å². The third-order valence-corrected chi connectivity index (χ3v) is 5.78. The number of hydrogen-bond donors (Lipinski definition) is 1. The van der Waals surface area contributed by atoms with Crippen molar-refractivity contribution < 1.29 is 23.9 Å². The third kappa shape index (κ3) is 6.48. The highest BCUT2D eigenvalue weighted by molar-refractivity contribution is 7.81. The second kappa shape index (κ2) is 11.2. The van der Waals surface area contributed by atoms with E-state index in [0.29, 0.717) is 39.1 Å². The van der Waals surface area contributed by atoms with E-state index in [1.165, 1.54) is 11.0 Å². The van der Waals surface area contributed by atoms with Crippen LogP contribution in [0.1, 0.15) is 12.0 Å². The Hall–Kier alpha value is -2.52. The number of benzene rings is 1. The SMILES string of the molecule is C=CCOC(=O)N1C[C@@H](S)C[C@H]1C(=O)N1CCN(CC(=O)OCc2ccccc2)CC1. The molecular weight excluding hydrogens is 418 g/mol. The quantitative estimate of drug-likeness (QED) is 0.388. The lowest BCUT2D eigenvalue weighted by Crippen LogP contribution is -2.55. The first-order valence-electron chi connectivity index (χ1n) is 10.4. The molecule has 2 atom stereocenters. The van der Waals surface area contributed by atoms with E-state index in [2.05, 4.69) is 19.2 Å². The molecule has 0 saturated carbocycles. The maximum Gasteiger partial charge on any atom is 0.410 e. The number of carbonyl (C=O) groups excluding carboxylic acids is 3. The average molecular weight is 448 g/mol. The first kappa shape index (κ1) is 23.1. The number of piperazine rings is 1. The van der Waals surface area contributed by atoms with Crippen LogP contribution in [-0.2, 0) is 25.7 Å². The highest BCUT2D eigenvalue weighted by atomic mass is 32.1. The van der Waals surface area contributed by atoms with Gasteiger partial charge in [0.1, 0.15) is 19.3 Å². The number of rotatable bonds is 7. The Bertz CT molecular complexity index is 783. The predicted molar refractivity (Wildman–Crippen MR) is 119 cm³/mol. The Morgan fingerprint density at radius 3 is 2.48 bits per heavy atom. The summed E-state index contributed by atoms with van der Waals surface area (Å²) >= 11 is 4.45. The molecule has 2 fully saturated rings. The molecule has 0 N–H and O–H groups in total. The summed E-state index contributed by atoms with van der Waals surface area (Å²) in [6, 6.07) is 8.97. The smallest absolute Gasteiger partial charge is 0.410 e. The zero-order chi connectivity index (χ0) is 22.2. The lowest BCUT2D eigenvalue weighted by molar-refractivity contribution is -0.147. The third-order valence-electron chi connectivity index (χ3n) is 5.40. The van der Waals surface area contributed by atoms with Crippen molar-refractivity contribution in [3.8, 4) is 0 Å². The molecule has 2 heterocycles. The molecular formula is C22H29N3O5S. The van der Waals surface area contributed by atoms with Crippen molar-refractivity contribution in [3.63, 3.8) is 0 Å². The van der Waals surface area contributed by atoms with Crippen molar-refractivity contribution in [3.05, 3.63) is 48.6 Å². The van der Waals surface area contributed by atoms with Crippen molar-refractivity contribution in [1.82, 2.24) is 14.7 Å². The number of carbonyl (C=O) groups is 3. The summed E-state index contributed by atoms with van der Waals surface area (Å²) < 4.78 is 10.4. The normalized spacial score (nSPS) is 21.6. The number of likely N-dealkylation sites (tertiary alicyclic amines) is 1. The van der Waals surface area contributed by atoms with Crippen LogP contribution in [0.3, 0.4) is 0 Å². The lowest BCUT2D eigenvalue weighted by atomic mass is 10.1. The van der Waals surface area contributed by atoms with Gasteiger partial charge < -0.3 is 14.4 Å². The maximum absolute atomic E-state index is 13.0. The molecule has 31 heavy (non-hydrogen) atoms. The minimum absolute atomic E-state index is 0.0640. The van der Waals surface area contributed by atoms with Crippen molar-refractivity contribution in [2.75, 3.05) is 45.9 Å². The Balaban J connectivity index is 1.45. The molecule has 2 amide bonds. The van der Waals surface area contributed by atoms with Gasteiger partial charge in [0.25, 0.3) is 0 Å². The summed E-state index contributed by atoms with van der Waals surface area (Å²) in [7, 11) is 0. The summed E-state index contributed by atoms with van der Waals surface area (Å²) in [5, 5.41) is -0.0640. The maximum atomic E-state index is 13.0. The van der Waals surface area contributed by atoms with Crippen LogP contribution in [0.25, 0.3) is 0 Å². The van der Waals surface area contributed by atoms with E-state index in [-0.39, 0.29) is 36.9 Å². The molecule has 2 aliphatic heterocycles. The summed E-state index contributed by atoms with van der Waals surface area (Å²) in [5.41, 5.74) is 0.946. The van der Waals surface area contributed by atoms with Crippen molar-refractivity contribution >= 4 is 30.6 Å². The zero-order valence-electron chi connectivity index (χ0n) is 17.5. The number of thiol groups is 1. The molecule has 1 aromatic rings. The van der Waals surface area contributed by atoms with E-state index in [0.717, 1.165) is 5.56 Å². The highest BCUT2D eigenvalue weighted by Gasteiger charge is 2.41. The molecule has 0 aliphatic carbocycles. The van der Waals surface area contributed by atoms with E-state index in [1.54, 1.807) is 4.90 Å². The van der Waals surface area contributed by atoms with Gasteiger partial charge in [0.15, 0.2) is 0 Å². The highest BCUT2D eigenvalue weighted by Crippen LogP contribution is 2.25. The van der Waals surface area contributed by atoms with Crippen LogP contribution in [0.15, 0.2) is 43.0 Å². The van der Waals surface area contributed by atoms with Crippen LogP contribution >= 0.6 is 12.6 Å². The number of ether oxygens (including phenoxy) is 2. The fourth-order valence-corrected chi connectivity index (χ4v) is 4.14. The second-order valence-electron chi connectivity index (χ2n) is 7.67. The zero-order valence-corrected chi connectivity index (χ0v) is 18.4. The van der Waals surface area contributed by atoms with Crippen molar-refractivity contribution in [2.45, 2.75) is 24.3 Å². The van der Waals surface area contributed by atoms with Crippen molar-refractivity contribution in [1.29, 1.82) is 0 Å². The van der Waals surface area contributed by atoms with Gasteiger partial charge in [-0.15, -0.1) is 0 Å². The van der Waals surface area contributed by atoms with E-state index in [9.17, 15) is 14.4 Å². The van der Waals surface area contributed by atoms with Crippen LogP contribution < -0.4 is 0 Å². The number of esters is 1. The minimum atomic E-state index is -0.567. The molecule has 0 unspecified atom stereocenters. The van der Waals surface area contributed by atoms with Gasteiger partial charge in [0.05, 0.1) is 6.54 Å². The van der Waals surface area contributed by atoms with Gasteiger partial charge in [-0.3, -0.25) is 19.4 Å². The Morgan fingerprint density at radius 1 is 1.10 bits per heavy atom. The topological polar surface area (TPSA) is 79.4 Å². The van der Waals surface area contributed by atoms with Gasteiger partial charge in [-0.05, 0) is 12.0 Å². The Kier molecular flexibility index (Phi) is 8.36. The van der Waals surface area contributed by atoms with Crippen LogP contribution in [0.4, 0.5) is 4.79 Å². The van der Waals surface area contributed by atoms with Gasteiger partial charge in [-0.1, -0.05) is 43.0 Å². The molecule has 1 aromatic carbocycles. The molecule has 0 spiro atoms. The predicted octanol–water partition coefficient (Wildman–Crippen LogP) is 1.57. The van der Waals surface area contributed by atoms with E-state index in [4.69, 9.17) is 9.47 Å². The number of nitrogens with zero attached hydrogens (tertiary/aromatic N) is 3. The van der Waals surface area contributed by atoms with Gasteiger partial charge in [0.2, 0.25) is 5.91 Å². The van der Waals surface area contributed by atoms with Crippen molar-refractivity contribution in [2.24, 2.45) is 0 Å². The summed E-state index contributed by atoms with van der Waals surface area (Å²) in [6.07, 6.45) is 1.47. The summed E-state index contributed by atoms with van der Waals surface area (Å²) in [5.74, 6) is -0.383. The minimum Gasteiger partial charge on any atom is -0.460 e. The Labute approximate surface area is 188 Å². The molecule has 2 aliphatic rings. The summed E-state index contributed by atoms with van der Waals surface area (Å²) in [6.45, 7) is 6.59. The van der Waals surface area contributed by atoms with E-state index >= 15 is 0 Å². The van der Waals surface area contributed by atoms with Crippen LogP contribution in [-0.4, -0.2) is 89.8 Å². The average Bonchev–Trinajstić information content (AvgIpc) is 3.18. The van der Waals surface area contributed by atoms with E-state index in [1.807, 2.05) is 35.2 Å². The Morgan fingerprint density at radius 2 is 1.81 bits per heavy atom. The summed E-state index contributed by atoms with van der Waals surface area (Å²) in [4.78, 5) is 42.6. The molecule has 9 heteroatoms. The standard InChI is InChI=1S/C22H29N3O5S/c1-2-12-29-22(28)25-14-18(31)13-19(25)21(27)24-10-8-23(9-11-24)15-20(26)30-16-17-6-4-3-5-7-17/h2-7,18-19,31H,1,8-16H2/t18-,19-/m0/s1. The van der Waals surface area contributed by atoms with E-state index < -0.39 is 12.1 Å². The molecule has 0 aromatic heterocycles. The van der Waals surface area contributed by atoms with Crippen LogP contribution in [0, 0.1) is 0 Å². The number of hydrogen-bond acceptors (Lipinski definition) is 7. The molecule has 0 bridgehead atoms. The first-order valence-corrected chi connectivity index (χ1v) is 10.9. The fraction of sp³-hybridized carbons (Fsp3) is 0.500. The first-order chi connectivity index (χ1) is 15.0. The largest absolute Gasteiger partial charge is 0.460 e. The molecule has 168 valence electrons. The number of amides is 2. The lowest BCUT2D eigenvalue weighted by Gasteiger charge is -2.36. The van der Waals surface area contributed by atoms with Gasteiger partial charge in [-0.25, -0.2) is 4.79 Å². The second-order valence-corrected chi connectivity index (χ2v) is 8.40. The molecule has 0 radical (unpaired) electrons. The van der Waals surface area contributed by atoms with Crippen LogP contribution in [0.5, 0.6) is 0 Å². The van der Waals surface area contributed by atoms with Gasteiger partial charge in [-0.2, -0.15) is 12.6 Å². The molecule has 3 rings (SSSR count). The molecule has 2 saturated heterocycles. The molecule has 8 nitrogen and oxygen atoms in total. The monoisotopic (exact) mass is 447 g/mol.